The summed E-state index contributed by atoms with van der Waals surface area (Å²) in [6.07, 6.45) is 4.57. The summed E-state index contributed by atoms with van der Waals surface area (Å²) in [5, 5.41) is 8.64. The van der Waals surface area contributed by atoms with E-state index in [0.717, 1.165) is 37.2 Å². The predicted octanol–water partition coefficient (Wildman–Crippen LogP) is 2.93. The van der Waals surface area contributed by atoms with Crippen molar-refractivity contribution in [2.45, 2.75) is 38.5 Å². The zero-order valence-corrected chi connectivity index (χ0v) is 19.4. The third-order valence-electron chi connectivity index (χ3n) is 3.04. The molecule has 0 aliphatic carbocycles. The van der Waals surface area contributed by atoms with E-state index >= 15 is 0 Å². The molecule has 0 aromatic carbocycles. The van der Waals surface area contributed by atoms with Crippen LogP contribution in [-0.4, -0.2) is 66.0 Å². The van der Waals surface area contributed by atoms with Crippen LogP contribution in [0.5, 0.6) is 0 Å². The molecule has 170 valence electrons. The lowest BCUT2D eigenvalue weighted by Crippen LogP contribution is -2.06. The molecule has 0 saturated carbocycles. The molecule has 0 fully saturated rings. The molecule has 0 saturated heterocycles. The molecule has 5 N–H and O–H groups in total. The van der Waals surface area contributed by atoms with Crippen molar-refractivity contribution < 1.29 is 42.1 Å². The van der Waals surface area contributed by atoms with E-state index in [-0.39, 0.29) is 33.0 Å². The van der Waals surface area contributed by atoms with Crippen LogP contribution in [0.3, 0.4) is 0 Å². The van der Waals surface area contributed by atoms with Gasteiger partial charge in [0.15, 0.2) is 0 Å². The molecule has 2 atom stereocenters. The summed E-state index contributed by atoms with van der Waals surface area (Å²) < 4.78 is 42.2. The van der Waals surface area contributed by atoms with Crippen LogP contribution in [0, 0.1) is 0 Å². The van der Waals surface area contributed by atoms with Gasteiger partial charge in [-0.3, -0.25) is 18.1 Å². The number of phosphoric ester groups is 2. The van der Waals surface area contributed by atoms with Crippen molar-refractivity contribution in [1.82, 2.24) is 0 Å². The quantitative estimate of drug-likeness (QED) is 0.107. The number of aliphatic hydroxyl groups is 1. The van der Waals surface area contributed by atoms with Gasteiger partial charge in [-0.15, -0.1) is 0 Å². The van der Waals surface area contributed by atoms with Crippen LogP contribution >= 0.6 is 37.2 Å². The third kappa shape index (κ3) is 20.1. The Labute approximate surface area is 174 Å². The monoisotopic (exact) mass is 485 g/mol. The summed E-state index contributed by atoms with van der Waals surface area (Å²) >= 11 is 0. The zero-order chi connectivity index (χ0) is 21.1. The van der Waals surface area contributed by atoms with Crippen molar-refractivity contribution in [3.05, 3.63) is 0 Å². The fraction of sp³-hybridized carbons (Fsp3) is 1.00. The summed E-state index contributed by atoms with van der Waals surface area (Å²) in [6, 6.07) is 0. The highest BCUT2D eigenvalue weighted by molar-refractivity contribution is 8.76. The average Bonchev–Trinajstić information content (AvgIpc) is 2.64. The first-order valence-corrected chi connectivity index (χ1v) is 14.6. The van der Waals surface area contributed by atoms with E-state index in [9.17, 15) is 18.9 Å². The lowest BCUT2D eigenvalue weighted by Gasteiger charge is -2.14. The van der Waals surface area contributed by atoms with Gasteiger partial charge < -0.3 is 20.6 Å². The molecule has 0 bridgehead atoms. The SMILES string of the molecule is NCCCCCCOP(=O)(O)OCCOP(=O)(O)OCCCSSCCCO. The smallest absolute Gasteiger partial charge is 0.396 e. The molecule has 0 aliphatic heterocycles. The highest BCUT2D eigenvalue weighted by atomic mass is 33.1. The summed E-state index contributed by atoms with van der Waals surface area (Å²) in [7, 11) is -5.22. The number of aliphatic hydroxyl groups excluding tert-OH is 1. The van der Waals surface area contributed by atoms with Crippen molar-refractivity contribution in [2.75, 3.05) is 51.1 Å². The molecular weight excluding hydrogens is 452 g/mol. The van der Waals surface area contributed by atoms with Gasteiger partial charge in [-0.05, 0) is 32.2 Å². The maximum atomic E-state index is 11.7. The number of hydrogen-bond donors (Lipinski definition) is 4. The van der Waals surface area contributed by atoms with Crippen LogP contribution in [0.1, 0.15) is 38.5 Å². The first-order chi connectivity index (χ1) is 13.3. The second kappa shape index (κ2) is 18.6. The lowest BCUT2D eigenvalue weighted by molar-refractivity contribution is 0.102. The molecule has 0 radical (unpaired) electrons. The van der Waals surface area contributed by atoms with Crippen molar-refractivity contribution in [3.63, 3.8) is 0 Å². The van der Waals surface area contributed by atoms with Crippen molar-refractivity contribution >= 4 is 37.2 Å². The Hall–Kier alpha value is 0.840. The fourth-order valence-electron chi connectivity index (χ4n) is 1.70. The molecular formula is C14H33NO9P2S2. The van der Waals surface area contributed by atoms with Gasteiger partial charge in [0.2, 0.25) is 0 Å². The van der Waals surface area contributed by atoms with E-state index in [1.165, 1.54) is 0 Å². The van der Waals surface area contributed by atoms with E-state index in [1.807, 2.05) is 0 Å². The molecule has 14 heteroatoms. The third-order valence-corrected chi connectivity index (χ3v) is 7.65. The van der Waals surface area contributed by atoms with Crippen molar-refractivity contribution in [1.29, 1.82) is 0 Å². The Bertz CT molecular complexity index is 463. The second-order valence-corrected chi connectivity index (χ2v) is 11.2. The molecule has 0 aliphatic rings. The van der Waals surface area contributed by atoms with E-state index < -0.39 is 15.6 Å². The van der Waals surface area contributed by atoms with Gasteiger partial charge in [0.25, 0.3) is 0 Å². The summed E-state index contributed by atoms with van der Waals surface area (Å²) in [6.45, 7) is 0.143. The lowest BCUT2D eigenvalue weighted by atomic mass is 10.2. The van der Waals surface area contributed by atoms with E-state index in [2.05, 4.69) is 9.05 Å². The number of unbranched alkanes of at least 4 members (excludes halogenated alkanes) is 3. The van der Waals surface area contributed by atoms with Crippen LogP contribution in [0.15, 0.2) is 0 Å². The van der Waals surface area contributed by atoms with Crippen LogP contribution in [0.2, 0.25) is 0 Å². The van der Waals surface area contributed by atoms with Crippen LogP contribution in [-0.2, 0) is 27.2 Å². The first kappa shape index (κ1) is 28.8. The molecule has 0 aromatic heterocycles. The number of rotatable bonds is 21. The van der Waals surface area contributed by atoms with Gasteiger partial charge in [0.05, 0.1) is 26.4 Å². The Morgan fingerprint density at radius 3 is 1.68 bits per heavy atom. The van der Waals surface area contributed by atoms with Crippen LogP contribution in [0.25, 0.3) is 0 Å². The molecule has 0 heterocycles. The molecule has 28 heavy (non-hydrogen) atoms. The number of hydrogen-bond acceptors (Lipinski definition) is 10. The normalized spacial score (nSPS) is 16.0. The molecule has 0 spiro atoms. The molecule has 2 unspecified atom stereocenters. The minimum atomic E-state index is -4.23. The summed E-state index contributed by atoms with van der Waals surface area (Å²) in [5.41, 5.74) is 5.37. The summed E-state index contributed by atoms with van der Waals surface area (Å²) in [4.78, 5) is 19.0. The molecule has 0 amide bonds. The summed E-state index contributed by atoms with van der Waals surface area (Å²) in [5.74, 6) is 1.58. The minimum absolute atomic E-state index is 0.0496. The van der Waals surface area contributed by atoms with E-state index in [0.29, 0.717) is 19.4 Å². The Morgan fingerprint density at radius 2 is 1.14 bits per heavy atom. The molecule has 10 nitrogen and oxygen atoms in total. The largest absolute Gasteiger partial charge is 0.472 e. The standard InChI is InChI=1S/C14H33NO9P2S2/c15-7-3-1-2-4-9-21-25(17,18)23-11-12-24-26(19,20)22-10-6-14-28-27-13-5-8-16/h16H,1-15H2,(H,17,18)(H,19,20). The second-order valence-electron chi connectivity index (χ2n) is 5.55. The fourth-order valence-corrected chi connectivity index (χ4v) is 5.31. The Balaban J connectivity index is 3.67. The predicted molar refractivity (Wildman–Crippen MR) is 112 cm³/mol. The number of nitrogens with two attached hydrogens (primary N) is 1. The zero-order valence-electron chi connectivity index (χ0n) is 16.0. The molecule has 0 rings (SSSR count). The van der Waals surface area contributed by atoms with Gasteiger partial charge in [0.1, 0.15) is 0 Å². The van der Waals surface area contributed by atoms with Crippen molar-refractivity contribution in [3.8, 4) is 0 Å². The van der Waals surface area contributed by atoms with Gasteiger partial charge in [-0.25, -0.2) is 9.13 Å². The first-order valence-electron chi connectivity index (χ1n) is 9.12. The van der Waals surface area contributed by atoms with Crippen LogP contribution in [0.4, 0.5) is 0 Å². The molecule has 0 aromatic rings. The van der Waals surface area contributed by atoms with E-state index in [4.69, 9.17) is 19.9 Å². The maximum absolute atomic E-state index is 11.7. The van der Waals surface area contributed by atoms with Crippen molar-refractivity contribution in [2.24, 2.45) is 5.73 Å². The average molecular weight is 485 g/mol. The topological polar surface area (TPSA) is 158 Å². The highest BCUT2D eigenvalue weighted by Crippen LogP contribution is 2.45. The maximum Gasteiger partial charge on any atom is 0.472 e. The number of phosphoric acid groups is 2. The van der Waals surface area contributed by atoms with Gasteiger partial charge in [-0.2, -0.15) is 0 Å². The minimum Gasteiger partial charge on any atom is -0.396 e. The Morgan fingerprint density at radius 1 is 0.679 bits per heavy atom. The Kier molecular flexibility index (Phi) is 19.2. The van der Waals surface area contributed by atoms with Gasteiger partial charge in [-0.1, -0.05) is 34.4 Å². The van der Waals surface area contributed by atoms with E-state index in [1.54, 1.807) is 21.6 Å². The van der Waals surface area contributed by atoms with Gasteiger partial charge in [0, 0.05) is 18.1 Å². The van der Waals surface area contributed by atoms with Crippen LogP contribution < -0.4 is 5.73 Å². The highest BCUT2D eigenvalue weighted by Gasteiger charge is 2.23. The van der Waals surface area contributed by atoms with Gasteiger partial charge >= 0.3 is 15.6 Å².